The summed E-state index contributed by atoms with van der Waals surface area (Å²) in [6, 6.07) is 11.8. The second-order valence-electron chi connectivity index (χ2n) is 5.78. The van der Waals surface area contributed by atoms with Crippen LogP contribution in [-0.4, -0.2) is 9.97 Å². The Morgan fingerprint density at radius 2 is 1.89 bits per heavy atom. The average molecular weight is 254 g/mol. The molecule has 3 rings (SSSR count). The van der Waals surface area contributed by atoms with Crippen LogP contribution < -0.4 is 5.56 Å². The van der Waals surface area contributed by atoms with E-state index in [1.807, 2.05) is 18.2 Å². The second kappa shape index (κ2) is 4.34. The molecule has 0 amide bonds. The molecule has 1 aromatic heterocycles. The maximum Gasteiger partial charge on any atom is 0.251 e. The van der Waals surface area contributed by atoms with E-state index < -0.39 is 0 Å². The van der Waals surface area contributed by atoms with E-state index in [0.29, 0.717) is 5.92 Å². The monoisotopic (exact) mass is 254 g/mol. The Morgan fingerprint density at radius 1 is 1.21 bits per heavy atom. The lowest BCUT2D eigenvalue weighted by atomic mass is 9.83. The Balaban J connectivity index is 2.08. The van der Waals surface area contributed by atoms with Crippen molar-refractivity contribution >= 4 is 0 Å². The van der Waals surface area contributed by atoms with Gasteiger partial charge in [0.15, 0.2) is 0 Å². The third-order valence-electron chi connectivity index (χ3n) is 3.84. The van der Waals surface area contributed by atoms with Crippen LogP contribution >= 0.6 is 0 Å². The quantitative estimate of drug-likeness (QED) is 0.915. The molecule has 1 heterocycles. The molecular formula is C16H18N2O. The van der Waals surface area contributed by atoms with Gasteiger partial charge in [-0.05, 0) is 32.3 Å². The molecule has 3 heteroatoms. The molecule has 1 aromatic carbocycles. The van der Waals surface area contributed by atoms with Crippen LogP contribution in [0.1, 0.15) is 49.7 Å². The van der Waals surface area contributed by atoms with Crippen molar-refractivity contribution in [3.63, 3.8) is 0 Å². The van der Waals surface area contributed by atoms with Crippen molar-refractivity contribution in [2.75, 3.05) is 0 Å². The summed E-state index contributed by atoms with van der Waals surface area (Å²) in [6.07, 6.45) is 2.31. The highest BCUT2D eigenvalue weighted by Gasteiger charge is 2.30. The molecule has 0 unspecified atom stereocenters. The molecule has 0 atom stereocenters. The summed E-state index contributed by atoms with van der Waals surface area (Å²) >= 11 is 0. The summed E-state index contributed by atoms with van der Waals surface area (Å²) in [5.74, 6) is 1.25. The highest BCUT2D eigenvalue weighted by Crippen LogP contribution is 2.39. The second-order valence-corrected chi connectivity index (χ2v) is 5.78. The van der Waals surface area contributed by atoms with Gasteiger partial charge in [-0.1, -0.05) is 30.3 Å². The Bertz CT molecular complexity index is 639. The summed E-state index contributed by atoms with van der Waals surface area (Å²) in [4.78, 5) is 19.4. The van der Waals surface area contributed by atoms with Crippen LogP contribution in [-0.2, 0) is 5.41 Å². The maximum absolute atomic E-state index is 11.8. The molecular weight excluding hydrogens is 236 g/mol. The normalized spacial score (nSPS) is 15.5. The van der Waals surface area contributed by atoms with Gasteiger partial charge in [-0.15, -0.1) is 0 Å². The van der Waals surface area contributed by atoms with Crippen molar-refractivity contribution in [1.29, 1.82) is 0 Å². The first-order valence-electron chi connectivity index (χ1n) is 6.74. The predicted octanol–water partition coefficient (Wildman–Crippen LogP) is 2.97. The van der Waals surface area contributed by atoms with Crippen LogP contribution in [0.5, 0.6) is 0 Å². The minimum atomic E-state index is -0.286. The van der Waals surface area contributed by atoms with E-state index in [9.17, 15) is 4.79 Å². The van der Waals surface area contributed by atoms with E-state index in [-0.39, 0.29) is 11.0 Å². The molecule has 1 saturated carbocycles. The van der Waals surface area contributed by atoms with E-state index in [1.165, 1.54) is 0 Å². The molecule has 0 aliphatic heterocycles. The molecule has 2 aromatic rings. The van der Waals surface area contributed by atoms with E-state index in [0.717, 1.165) is 29.9 Å². The third-order valence-corrected chi connectivity index (χ3v) is 3.84. The average Bonchev–Trinajstić information content (AvgIpc) is 3.23. The Labute approximate surface area is 112 Å². The van der Waals surface area contributed by atoms with Crippen LogP contribution in [0.3, 0.4) is 0 Å². The van der Waals surface area contributed by atoms with Crippen molar-refractivity contribution in [3.05, 3.63) is 63.8 Å². The fourth-order valence-corrected chi connectivity index (χ4v) is 2.35. The number of aromatic nitrogens is 2. The molecule has 0 saturated heterocycles. The van der Waals surface area contributed by atoms with Gasteiger partial charge >= 0.3 is 0 Å². The van der Waals surface area contributed by atoms with Gasteiger partial charge in [0, 0.05) is 17.4 Å². The Morgan fingerprint density at radius 3 is 2.53 bits per heavy atom. The lowest BCUT2D eigenvalue weighted by Gasteiger charge is -2.24. The summed E-state index contributed by atoms with van der Waals surface area (Å²) in [6.45, 7) is 4.19. The molecule has 0 spiro atoms. The van der Waals surface area contributed by atoms with Crippen LogP contribution in [0.25, 0.3) is 0 Å². The van der Waals surface area contributed by atoms with Gasteiger partial charge in [0.2, 0.25) is 0 Å². The van der Waals surface area contributed by atoms with Gasteiger partial charge < -0.3 is 4.98 Å². The lowest BCUT2D eigenvalue weighted by Crippen LogP contribution is -2.26. The van der Waals surface area contributed by atoms with Gasteiger partial charge in [0.05, 0.1) is 5.69 Å². The van der Waals surface area contributed by atoms with Crippen LogP contribution in [0, 0.1) is 0 Å². The fourth-order valence-electron chi connectivity index (χ4n) is 2.35. The SMILES string of the molecule is CC(C)(c1ccccc1)c1nc(C2CC2)cc(=O)[nH]1. The number of H-pyrrole nitrogens is 1. The van der Waals surface area contributed by atoms with Gasteiger partial charge in [-0.3, -0.25) is 4.79 Å². The van der Waals surface area contributed by atoms with E-state index >= 15 is 0 Å². The maximum atomic E-state index is 11.8. The zero-order valence-electron chi connectivity index (χ0n) is 11.3. The number of hydrogen-bond acceptors (Lipinski definition) is 2. The van der Waals surface area contributed by atoms with Crippen molar-refractivity contribution in [2.24, 2.45) is 0 Å². The summed E-state index contributed by atoms with van der Waals surface area (Å²) in [7, 11) is 0. The van der Waals surface area contributed by atoms with Crippen molar-refractivity contribution in [1.82, 2.24) is 9.97 Å². The summed E-state index contributed by atoms with van der Waals surface area (Å²) < 4.78 is 0. The Kier molecular flexibility index (Phi) is 2.77. The predicted molar refractivity (Wildman–Crippen MR) is 75.4 cm³/mol. The van der Waals surface area contributed by atoms with Crippen molar-refractivity contribution in [3.8, 4) is 0 Å². The number of rotatable bonds is 3. The number of nitrogens with zero attached hydrogens (tertiary/aromatic N) is 1. The highest BCUT2D eigenvalue weighted by atomic mass is 16.1. The smallest absolute Gasteiger partial charge is 0.251 e. The minimum absolute atomic E-state index is 0.0455. The minimum Gasteiger partial charge on any atom is -0.310 e. The Hall–Kier alpha value is -1.90. The topological polar surface area (TPSA) is 45.8 Å². The van der Waals surface area contributed by atoms with Crippen LogP contribution in [0.15, 0.2) is 41.2 Å². The third kappa shape index (κ3) is 2.33. The molecule has 3 nitrogen and oxygen atoms in total. The zero-order valence-corrected chi connectivity index (χ0v) is 11.3. The largest absolute Gasteiger partial charge is 0.310 e. The van der Waals surface area contributed by atoms with Gasteiger partial charge in [0.25, 0.3) is 5.56 Å². The van der Waals surface area contributed by atoms with E-state index in [2.05, 4.69) is 35.9 Å². The molecule has 98 valence electrons. The summed E-state index contributed by atoms with van der Waals surface area (Å²) in [5.41, 5.74) is 1.77. The highest BCUT2D eigenvalue weighted by molar-refractivity contribution is 5.31. The molecule has 1 aliphatic carbocycles. The fraction of sp³-hybridized carbons (Fsp3) is 0.375. The van der Waals surface area contributed by atoms with Gasteiger partial charge in [-0.2, -0.15) is 0 Å². The molecule has 1 N–H and O–H groups in total. The number of aromatic amines is 1. The zero-order chi connectivity index (χ0) is 13.5. The first-order valence-corrected chi connectivity index (χ1v) is 6.74. The van der Waals surface area contributed by atoms with Crippen LogP contribution in [0.2, 0.25) is 0 Å². The number of nitrogens with one attached hydrogen (secondary N) is 1. The summed E-state index contributed by atoms with van der Waals surface area (Å²) in [5, 5.41) is 0. The molecule has 1 aliphatic rings. The first-order chi connectivity index (χ1) is 9.07. The molecule has 0 radical (unpaired) electrons. The van der Waals surface area contributed by atoms with E-state index in [4.69, 9.17) is 0 Å². The molecule has 19 heavy (non-hydrogen) atoms. The van der Waals surface area contributed by atoms with Crippen LogP contribution in [0.4, 0.5) is 0 Å². The van der Waals surface area contributed by atoms with E-state index in [1.54, 1.807) is 6.07 Å². The standard InChI is InChI=1S/C16H18N2O/c1-16(2,12-6-4-3-5-7-12)15-17-13(11-8-9-11)10-14(19)18-15/h3-7,10-11H,8-9H2,1-2H3,(H,17,18,19). The van der Waals surface area contributed by atoms with Crippen molar-refractivity contribution < 1.29 is 0 Å². The molecule has 0 bridgehead atoms. The number of benzene rings is 1. The van der Waals surface area contributed by atoms with Gasteiger partial charge in [-0.25, -0.2) is 4.98 Å². The molecule has 1 fully saturated rings. The van der Waals surface area contributed by atoms with Gasteiger partial charge in [0.1, 0.15) is 5.82 Å². The number of hydrogen-bond donors (Lipinski definition) is 1. The first kappa shape index (κ1) is 12.2. The van der Waals surface area contributed by atoms with Crippen molar-refractivity contribution in [2.45, 2.75) is 38.0 Å². The lowest BCUT2D eigenvalue weighted by molar-refractivity contribution is 0.581.